The first-order chi connectivity index (χ1) is 10.3. The maximum atomic E-state index is 12.0. The Hall–Kier alpha value is -1.87. The van der Waals surface area contributed by atoms with E-state index in [1.807, 2.05) is 6.92 Å². The summed E-state index contributed by atoms with van der Waals surface area (Å²) >= 11 is 0. The third-order valence-electron chi connectivity index (χ3n) is 4.18. The molecule has 0 spiro atoms. The van der Waals surface area contributed by atoms with Gasteiger partial charge in [0, 0.05) is 6.54 Å². The fourth-order valence-electron chi connectivity index (χ4n) is 3.17. The van der Waals surface area contributed by atoms with E-state index in [1.54, 1.807) is 0 Å². The number of benzene rings is 2. The largest absolute Gasteiger partial charge is 0.465 e. The van der Waals surface area contributed by atoms with Gasteiger partial charge >= 0.3 is 5.97 Å². The van der Waals surface area contributed by atoms with Gasteiger partial charge in [-0.3, -0.25) is 9.69 Å². The lowest BCUT2D eigenvalue weighted by molar-refractivity contribution is -0.148. The van der Waals surface area contributed by atoms with E-state index in [9.17, 15) is 4.79 Å². The minimum Gasteiger partial charge on any atom is -0.465 e. The SMILES string of the molecule is CCOC(=O)C1CCCN1Cc1cccc2ccccc12. The highest BCUT2D eigenvalue weighted by molar-refractivity contribution is 5.85. The van der Waals surface area contributed by atoms with Crippen molar-refractivity contribution in [2.45, 2.75) is 32.4 Å². The van der Waals surface area contributed by atoms with E-state index in [2.05, 4.69) is 47.4 Å². The molecule has 1 saturated heterocycles. The molecule has 1 atom stereocenters. The Kier molecular flexibility index (Phi) is 4.20. The van der Waals surface area contributed by atoms with Crippen molar-refractivity contribution in [3.8, 4) is 0 Å². The van der Waals surface area contributed by atoms with Crippen molar-refractivity contribution in [3.05, 3.63) is 48.0 Å². The van der Waals surface area contributed by atoms with Gasteiger partial charge in [-0.05, 0) is 42.6 Å². The molecule has 21 heavy (non-hydrogen) atoms. The molecular formula is C18H21NO2. The van der Waals surface area contributed by atoms with Gasteiger partial charge in [-0.25, -0.2) is 0 Å². The second-order valence-corrected chi connectivity index (χ2v) is 5.52. The molecule has 1 aliphatic rings. The van der Waals surface area contributed by atoms with Gasteiger partial charge in [-0.15, -0.1) is 0 Å². The van der Waals surface area contributed by atoms with Gasteiger partial charge in [-0.1, -0.05) is 42.5 Å². The summed E-state index contributed by atoms with van der Waals surface area (Å²) in [4.78, 5) is 14.3. The molecule has 0 radical (unpaired) electrons. The Morgan fingerprint density at radius 1 is 1.24 bits per heavy atom. The smallest absolute Gasteiger partial charge is 0.323 e. The van der Waals surface area contributed by atoms with Crippen molar-refractivity contribution in [3.63, 3.8) is 0 Å². The third-order valence-corrected chi connectivity index (χ3v) is 4.18. The van der Waals surface area contributed by atoms with E-state index in [1.165, 1.54) is 16.3 Å². The molecule has 1 unspecified atom stereocenters. The molecule has 1 aliphatic heterocycles. The standard InChI is InChI=1S/C18H21NO2/c1-2-21-18(20)17-11-6-12-19(17)13-15-9-5-8-14-7-3-4-10-16(14)15/h3-5,7-10,17H,2,6,11-13H2,1H3. The van der Waals surface area contributed by atoms with Crippen LogP contribution in [-0.4, -0.2) is 30.1 Å². The average molecular weight is 283 g/mol. The molecule has 1 fully saturated rings. The number of esters is 1. The molecule has 0 bridgehead atoms. The van der Waals surface area contributed by atoms with Crippen molar-refractivity contribution in [2.75, 3.05) is 13.2 Å². The van der Waals surface area contributed by atoms with E-state index < -0.39 is 0 Å². The predicted molar refractivity (Wildman–Crippen MR) is 84.0 cm³/mol. The minimum atomic E-state index is -0.0797. The Bertz CT molecular complexity index is 633. The lowest BCUT2D eigenvalue weighted by Crippen LogP contribution is -2.36. The van der Waals surface area contributed by atoms with Crippen LogP contribution in [-0.2, 0) is 16.1 Å². The Morgan fingerprint density at radius 3 is 2.90 bits per heavy atom. The summed E-state index contributed by atoms with van der Waals surface area (Å²) in [6.07, 6.45) is 1.97. The third kappa shape index (κ3) is 2.93. The summed E-state index contributed by atoms with van der Waals surface area (Å²) in [5, 5.41) is 2.52. The Balaban J connectivity index is 1.83. The predicted octanol–water partition coefficient (Wildman–Crippen LogP) is 3.37. The van der Waals surface area contributed by atoms with E-state index in [0.29, 0.717) is 6.61 Å². The Morgan fingerprint density at radius 2 is 2.05 bits per heavy atom. The average Bonchev–Trinajstić information content (AvgIpc) is 2.96. The zero-order chi connectivity index (χ0) is 14.7. The van der Waals surface area contributed by atoms with Crippen LogP contribution in [0, 0.1) is 0 Å². The van der Waals surface area contributed by atoms with Crippen molar-refractivity contribution in [1.82, 2.24) is 4.90 Å². The quantitative estimate of drug-likeness (QED) is 0.806. The lowest BCUT2D eigenvalue weighted by atomic mass is 10.0. The number of ether oxygens (including phenoxy) is 1. The number of fused-ring (bicyclic) bond motifs is 1. The van der Waals surface area contributed by atoms with Crippen molar-refractivity contribution in [2.24, 2.45) is 0 Å². The number of hydrogen-bond acceptors (Lipinski definition) is 3. The van der Waals surface area contributed by atoms with Gasteiger partial charge in [-0.2, -0.15) is 0 Å². The first kappa shape index (κ1) is 14.1. The second-order valence-electron chi connectivity index (χ2n) is 5.52. The van der Waals surface area contributed by atoms with Crippen LogP contribution in [0.2, 0.25) is 0 Å². The fourth-order valence-corrected chi connectivity index (χ4v) is 3.17. The molecule has 0 amide bonds. The van der Waals surface area contributed by atoms with E-state index in [4.69, 9.17) is 4.74 Å². The fraction of sp³-hybridized carbons (Fsp3) is 0.389. The van der Waals surface area contributed by atoms with Gasteiger partial charge in [0.15, 0.2) is 0 Å². The number of rotatable bonds is 4. The molecule has 2 aromatic carbocycles. The van der Waals surface area contributed by atoms with E-state index in [-0.39, 0.29) is 12.0 Å². The van der Waals surface area contributed by atoms with Crippen LogP contribution in [0.25, 0.3) is 10.8 Å². The number of nitrogens with zero attached hydrogens (tertiary/aromatic N) is 1. The number of hydrogen-bond donors (Lipinski definition) is 0. The zero-order valence-corrected chi connectivity index (χ0v) is 12.4. The van der Waals surface area contributed by atoms with Gasteiger partial charge in [0.25, 0.3) is 0 Å². The van der Waals surface area contributed by atoms with Crippen LogP contribution in [0.5, 0.6) is 0 Å². The normalized spacial score (nSPS) is 19.0. The molecule has 3 heteroatoms. The molecule has 3 rings (SSSR count). The van der Waals surface area contributed by atoms with E-state index in [0.717, 1.165) is 25.9 Å². The van der Waals surface area contributed by atoms with Crippen molar-refractivity contribution in [1.29, 1.82) is 0 Å². The second kappa shape index (κ2) is 6.27. The highest BCUT2D eigenvalue weighted by Gasteiger charge is 2.31. The zero-order valence-electron chi connectivity index (χ0n) is 12.4. The first-order valence-electron chi connectivity index (χ1n) is 7.67. The van der Waals surface area contributed by atoms with Crippen LogP contribution in [0.1, 0.15) is 25.3 Å². The maximum absolute atomic E-state index is 12.0. The van der Waals surface area contributed by atoms with Gasteiger partial charge in [0.05, 0.1) is 6.61 Å². The van der Waals surface area contributed by atoms with Crippen LogP contribution in [0.3, 0.4) is 0 Å². The highest BCUT2D eigenvalue weighted by atomic mass is 16.5. The van der Waals surface area contributed by atoms with Crippen molar-refractivity contribution < 1.29 is 9.53 Å². The monoisotopic (exact) mass is 283 g/mol. The van der Waals surface area contributed by atoms with Crippen LogP contribution in [0.15, 0.2) is 42.5 Å². The maximum Gasteiger partial charge on any atom is 0.323 e. The lowest BCUT2D eigenvalue weighted by Gasteiger charge is -2.23. The summed E-state index contributed by atoms with van der Waals surface area (Å²) in [5.74, 6) is -0.0739. The molecule has 0 aliphatic carbocycles. The summed E-state index contributed by atoms with van der Waals surface area (Å²) in [6, 6.07) is 14.7. The Labute approximate surface area is 125 Å². The van der Waals surface area contributed by atoms with E-state index >= 15 is 0 Å². The van der Waals surface area contributed by atoms with Gasteiger partial charge in [0.2, 0.25) is 0 Å². The molecule has 0 saturated carbocycles. The molecule has 110 valence electrons. The highest BCUT2D eigenvalue weighted by Crippen LogP contribution is 2.25. The molecule has 2 aromatic rings. The van der Waals surface area contributed by atoms with Crippen LogP contribution >= 0.6 is 0 Å². The minimum absolute atomic E-state index is 0.0739. The first-order valence-corrected chi connectivity index (χ1v) is 7.67. The van der Waals surface area contributed by atoms with Gasteiger partial charge in [0.1, 0.15) is 6.04 Å². The summed E-state index contributed by atoms with van der Waals surface area (Å²) in [7, 11) is 0. The number of carbonyl (C=O) groups excluding carboxylic acids is 1. The molecule has 1 heterocycles. The van der Waals surface area contributed by atoms with Crippen molar-refractivity contribution >= 4 is 16.7 Å². The summed E-state index contributed by atoms with van der Waals surface area (Å²) in [6.45, 7) is 4.09. The topological polar surface area (TPSA) is 29.5 Å². The molecular weight excluding hydrogens is 262 g/mol. The molecule has 0 N–H and O–H groups in total. The number of carbonyl (C=O) groups is 1. The van der Waals surface area contributed by atoms with Gasteiger partial charge < -0.3 is 4.74 Å². The summed E-state index contributed by atoms with van der Waals surface area (Å²) in [5.41, 5.74) is 1.28. The molecule has 0 aromatic heterocycles. The summed E-state index contributed by atoms with van der Waals surface area (Å²) < 4.78 is 5.20. The number of likely N-dealkylation sites (tertiary alicyclic amines) is 1. The molecule has 3 nitrogen and oxygen atoms in total. The van der Waals surface area contributed by atoms with Crippen LogP contribution in [0.4, 0.5) is 0 Å². The van der Waals surface area contributed by atoms with Crippen LogP contribution < -0.4 is 0 Å².